The molecule has 0 atom stereocenters. The summed E-state index contributed by atoms with van der Waals surface area (Å²) in [6.07, 6.45) is 3.53. The lowest BCUT2D eigenvalue weighted by Gasteiger charge is -2.09. The second kappa shape index (κ2) is 5.36. The minimum atomic E-state index is -2.86. The number of halogens is 2. The van der Waals surface area contributed by atoms with Gasteiger partial charge in [0.2, 0.25) is 0 Å². The van der Waals surface area contributed by atoms with Gasteiger partial charge in [-0.3, -0.25) is 4.79 Å². The quantitative estimate of drug-likeness (QED) is 0.737. The maximum atomic E-state index is 12.1. The van der Waals surface area contributed by atoms with Crippen molar-refractivity contribution in [3.8, 4) is 16.9 Å². The monoisotopic (exact) mass is 287 g/mol. The Labute approximate surface area is 119 Å². The molecule has 106 valence electrons. The molecule has 21 heavy (non-hydrogen) atoms. The van der Waals surface area contributed by atoms with Crippen molar-refractivity contribution in [1.82, 2.24) is 4.40 Å². The van der Waals surface area contributed by atoms with Gasteiger partial charge < -0.3 is 9.14 Å². The molecule has 0 aliphatic rings. The van der Waals surface area contributed by atoms with E-state index in [9.17, 15) is 13.6 Å². The molecule has 2 aromatic heterocycles. The maximum absolute atomic E-state index is 12.1. The second-order valence-corrected chi connectivity index (χ2v) is 4.45. The molecule has 3 nitrogen and oxygen atoms in total. The van der Waals surface area contributed by atoms with E-state index in [1.54, 1.807) is 18.3 Å². The van der Waals surface area contributed by atoms with Gasteiger partial charge in [-0.2, -0.15) is 8.78 Å². The van der Waals surface area contributed by atoms with Crippen LogP contribution in [0.25, 0.3) is 16.6 Å². The Bertz CT molecular complexity index is 826. The van der Waals surface area contributed by atoms with Crippen LogP contribution in [-0.4, -0.2) is 11.0 Å². The van der Waals surface area contributed by atoms with E-state index < -0.39 is 6.61 Å². The minimum Gasteiger partial charge on any atom is -0.435 e. The van der Waals surface area contributed by atoms with Crippen molar-refractivity contribution in [2.45, 2.75) is 6.61 Å². The molecule has 3 aromatic rings. The lowest BCUT2D eigenvalue weighted by atomic mass is 10.0. The predicted octanol–water partition coefficient (Wildman–Crippen LogP) is 3.57. The van der Waals surface area contributed by atoms with Crippen LogP contribution in [0.15, 0.2) is 65.7 Å². The fourth-order valence-electron chi connectivity index (χ4n) is 2.25. The number of rotatable bonds is 3. The first-order valence-corrected chi connectivity index (χ1v) is 6.30. The van der Waals surface area contributed by atoms with Crippen molar-refractivity contribution in [2.24, 2.45) is 0 Å². The van der Waals surface area contributed by atoms with Gasteiger partial charge in [-0.25, -0.2) is 0 Å². The molecule has 0 spiro atoms. The average molecular weight is 287 g/mol. The third kappa shape index (κ3) is 2.63. The average Bonchev–Trinajstić information content (AvgIpc) is 2.48. The summed E-state index contributed by atoms with van der Waals surface area (Å²) < 4.78 is 30.4. The number of nitrogens with zero attached hydrogens (tertiary/aromatic N) is 1. The van der Waals surface area contributed by atoms with Crippen LogP contribution in [0.1, 0.15) is 0 Å². The Balaban J connectivity index is 2.12. The standard InChI is InChI=1S/C16H11F2NO2/c17-16(18)21-12-6-4-11(5-7-12)15-13-3-1-2-9-19(13)10-8-14(15)20/h1-10,16H. The highest BCUT2D eigenvalue weighted by Gasteiger charge is 2.09. The van der Waals surface area contributed by atoms with Gasteiger partial charge >= 0.3 is 6.61 Å². The predicted molar refractivity (Wildman–Crippen MR) is 75.7 cm³/mol. The van der Waals surface area contributed by atoms with Gasteiger partial charge in [-0.15, -0.1) is 0 Å². The summed E-state index contributed by atoms with van der Waals surface area (Å²) in [6.45, 7) is -2.86. The number of fused-ring (bicyclic) bond motifs is 1. The van der Waals surface area contributed by atoms with Crippen molar-refractivity contribution in [2.75, 3.05) is 0 Å². The van der Waals surface area contributed by atoms with Gasteiger partial charge in [0.25, 0.3) is 0 Å². The van der Waals surface area contributed by atoms with E-state index in [0.29, 0.717) is 11.1 Å². The molecule has 0 aliphatic heterocycles. The summed E-state index contributed by atoms with van der Waals surface area (Å²) in [5.41, 5.74) is 1.82. The van der Waals surface area contributed by atoms with Gasteiger partial charge in [0.1, 0.15) is 5.75 Å². The zero-order chi connectivity index (χ0) is 14.8. The molecule has 0 aliphatic carbocycles. The van der Waals surface area contributed by atoms with Crippen LogP contribution in [-0.2, 0) is 0 Å². The molecule has 0 bridgehead atoms. The van der Waals surface area contributed by atoms with Crippen molar-refractivity contribution in [3.05, 3.63) is 71.1 Å². The lowest BCUT2D eigenvalue weighted by Crippen LogP contribution is -2.07. The van der Waals surface area contributed by atoms with Crippen LogP contribution in [0.3, 0.4) is 0 Å². The van der Waals surface area contributed by atoms with Crippen molar-refractivity contribution < 1.29 is 13.5 Å². The van der Waals surface area contributed by atoms with E-state index in [-0.39, 0.29) is 11.2 Å². The molecule has 0 saturated carbocycles. The van der Waals surface area contributed by atoms with Crippen LogP contribution < -0.4 is 10.2 Å². The van der Waals surface area contributed by atoms with E-state index in [0.717, 1.165) is 5.52 Å². The number of aromatic nitrogens is 1. The third-order valence-corrected chi connectivity index (χ3v) is 3.15. The molecule has 0 unspecified atom stereocenters. The van der Waals surface area contributed by atoms with Crippen LogP contribution in [0.5, 0.6) is 5.75 Å². The number of benzene rings is 1. The molecule has 0 saturated heterocycles. The molecule has 0 fully saturated rings. The largest absolute Gasteiger partial charge is 0.435 e. The maximum Gasteiger partial charge on any atom is 0.387 e. The number of hydrogen-bond donors (Lipinski definition) is 0. The Kier molecular flexibility index (Phi) is 3.39. The van der Waals surface area contributed by atoms with E-state index >= 15 is 0 Å². The van der Waals surface area contributed by atoms with Crippen LogP contribution >= 0.6 is 0 Å². The first kappa shape index (κ1) is 13.3. The fraction of sp³-hybridized carbons (Fsp3) is 0.0625. The summed E-state index contributed by atoms with van der Waals surface area (Å²) in [4.78, 5) is 12.1. The summed E-state index contributed by atoms with van der Waals surface area (Å²) in [6, 6.07) is 13.1. The van der Waals surface area contributed by atoms with Crippen molar-refractivity contribution in [3.63, 3.8) is 0 Å². The Hall–Kier alpha value is -2.69. The third-order valence-electron chi connectivity index (χ3n) is 3.15. The molecule has 0 radical (unpaired) electrons. The molecule has 2 heterocycles. The van der Waals surface area contributed by atoms with Gasteiger partial charge in [-0.1, -0.05) is 18.2 Å². The van der Waals surface area contributed by atoms with E-state index in [4.69, 9.17) is 0 Å². The molecule has 5 heteroatoms. The van der Waals surface area contributed by atoms with Crippen LogP contribution in [0, 0.1) is 0 Å². The molecule has 3 rings (SSSR count). The van der Waals surface area contributed by atoms with E-state index in [1.165, 1.54) is 18.2 Å². The van der Waals surface area contributed by atoms with Crippen molar-refractivity contribution in [1.29, 1.82) is 0 Å². The van der Waals surface area contributed by atoms with Crippen molar-refractivity contribution >= 4 is 5.52 Å². The van der Waals surface area contributed by atoms with E-state index in [1.807, 2.05) is 28.8 Å². The first-order valence-electron chi connectivity index (χ1n) is 6.30. The molecule has 0 N–H and O–H groups in total. The van der Waals surface area contributed by atoms with Gasteiger partial charge in [-0.05, 0) is 29.8 Å². The SMILES string of the molecule is O=c1ccn2ccccc2c1-c1ccc(OC(F)F)cc1. The molecule has 0 amide bonds. The normalized spacial score (nSPS) is 11.0. The number of alkyl halides is 2. The summed E-state index contributed by atoms with van der Waals surface area (Å²) in [5.74, 6) is 0.0640. The Morgan fingerprint density at radius 2 is 1.71 bits per heavy atom. The van der Waals surface area contributed by atoms with E-state index in [2.05, 4.69) is 4.74 Å². The molecular formula is C16H11F2NO2. The summed E-state index contributed by atoms with van der Waals surface area (Å²) >= 11 is 0. The van der Waals surface area contributed by atoms with Crippen LogP contribution in [0.4, 0.5) is 8.78 Å². The minimum absolute atomic E-state index is 0.0640. The second-order valence-electron chi connectivity index (χ2n) is 4.45. The first-order chi connectivity index (χ1) is 10.1. The zero-order valence-corrected chi connectivity index (χ0v) is 10.9. The molecule has 1 aromatic carbocycles. The summed E-state index contributed by atoms with van der Waals surface area (Å²) in [5, 5.41) is 0. The van der Waals surface area contributed by atoms with Gasteiger partial charge in [0.15, 0.2) is 5.43 Å². The fourth-order valence-corrected chi connectivity index (χ4v) is 2.25. The highest BCUT2D eigenvalue weighted by molar-refractivity contribution is 5.80. The Morgan fingerprint density at radius 3 is 2.43 bits per heavy atom. The topological polar surface area (TPSA) is 30.7 Å². The summed E-state index contributed by atoms with van der Waals surface area (Å²) in [7, 11) is 0. The lowest BCUT2D eigenvalue weighted by molar-refractivity contribution is -0.0498. The highest BCUT2D eigenvalue weighted by atomic mass is 19.3. The highest BCUT2D eigenvalue weighted by Crippen LogP contribution is 2.24. The van der Waals surface area contributed by atoms with Crippen LogP contribution in [0.2, 0.25) is 0 Å². The molecular weight excluding hydrogens is 276 g/mol. The van der Waals surface area contributed by atoms with Gasteiger partial charge in [0, 0.05) is 18.5 Å². The number of ether oxygens (including phenoxy) is 1. The number of hydrogen-bond acceptors (Lipinski definition) is 2. The smallest absolute Gasteiger partial charge is 0.387 e. The Morgan fingerprint density at radius 1 is 0.952 bits per heavy atom. The zero-order valence-electron chi connectivity index (χ0n) is 10.9. The number of pyridine rings is 2. The van der Waals surface area contributed by atoms with Gasteiger partial charge in [0.05, 0.1) is 11.1 Å².